The highest BCUT2D eigenvalue weighted by molar-refractivity contribution is 6.02. The van der Waals surface area contributed by atoms with Gasteiger partial charge < -0.3 is 19.9 Å². The zero-order valence-corrected chi connectivity index (χ0v) is 20.5. The smallest absolute Gasteiger partial charge is 0.408 e. The number of para-hydroxylation sites is 1. The number of carbonyl (C=O) groups is 4. The Labute approximate surface area is 208 Å². The average molecular weight is 496 g/mol. The number of hydrogen-bond donors (Lipinski definition) is 3. The van der Waals surface area contributed by atoms with E-state index in [9.17, 15) is 24.3 Å². The number of aliphatic carboxylic acids is 1. The second-order valence-electron chi connectivity index (χ2n) is 9.02. The van der Waals surface area contributed by atoms with Crippen LogP contribution in [0.5, 0.6) is 0 Å². The highest BCUT2D eigenvalue weighted by atomic mass is 16.6. The molecule has 1 heterocycles. The average Bonchev–Trinajstić information content (AvgIpc) is 3.14. The number of fused-ring (bicyclic) bond motifs is 1. The van der Waals surface area contributed by atoms with Gasteiger partial charge in [-0.3, -0.25) is 14.9 Å². The van der Waals surface area contributed by atoms with Crippen LogP contribution in [0.3, 0.4) is 0 Å². The fourth-order valence-electron chi connectivity index (χ4n) is 3.52. The summed E-state index contributed by atoms with van der Waals surface area (Å²) in [4.78, 5) is 48.7. The Balaban J connectivity index is 1.81. The molecule has 10 nitrogen and oxygen atoms in total. The number of benzene rings is 2. The third-order valence-electron chi connectivity index (χ3n) is 5.09. The van der Waals surface area contributed by atoms with Gasteiger partial charge in [0.25, 0.3) is 5.91 Å². The van der Waals surface area contributed by atoms with E-state index in [4.69, 9.17) is 9.47 Å². The number of alkyl carbamates (subject to hydrolysis) is 1. The molecule has 0 radical (unpaired) electrons. The van der Waals surface area contributed by atoms with Crippen molar-refractivity contribution >= 4 is 34.8 Å². The van der Waals surface area contributed by atoms with E-state index >= 15 is 0 Å². The summed E-state index contributed by atoms with van der Waals surface area (Å²) in [5, 5.41) is 12.8. The third kappa shape index (κ3) is 6.62. The summed E-state index contributed by atoms with van der Waals surface area (Å²) in [5.74, 6) is -2.12. The Kier molecular flexibility index (Phi) is 7.98. The van der Waals surface area contributed by atoms with Gasteiger partial charge in [-0.2, -0.15) is 0 Å². The number of rotatable bonds is 8. The molecule has 0 saturated carbocycles. The fourth-order valence-corrected chi connectivity index (χ4v) is 3.52. The van der Waals surface area contributed by atoms with Crippen molar-refractivity contribution in [3.05, 3.63) is 71.4 Å². The minimum atomic E-state index is -1.25. The van der Waals surface area contributed by atoms with Gasteiger partial charge in [-0.05, 0) is 63.6 Å². The highest BCUT2D eigenvalue weighted by Crippen LogP contribution is 2.22. The first-order valence-corrected chi connectivity index (χ1v) is 11.4. The molecule has 0 fully saturated rings. The van der Waals surface area contributed by atoms with Crippen LogP contribution < -0.4 is 10.7 Å². The van der Waals surface area contributed by atoms with Gasteiger partial charge in [-0.1, -0.05) is 18.2 Å². The molecule has 2 amide bonds. The monoisotopic (exact) mass is 495 g/mol. The molecule has 36 heavy (non-hydrogen) atoms. The maximum Gasteiger partial charge on any atom is 0.408 e. The van der Waals surface area contributed by atoms with Crippen molar-refractivity contribution in [3.63, 3.8) is 0 Å². The lowest BCUT2D eigenvalue weighted by Gasteiger charge is -2.22. The van der Waals surface area contributed by atoms with Gasteiger partial charge >= 0.3 is 18.0 Å². The molecule has 0 unspecified atom stereocenters. The molecule has 2 aromatic carbocycles. The van der Waals surface area contributed by atoms with Gasteiger partial charge in [0.1, 0.15) is 11.6 Å². The van der Waals surface area contributed by atoms with Crippen LogP contribution in [0.4, 0.5) is 4.79 Å². The molecular formula is C26H29N3O7. The molecule has 10 heteroatoms. The third-order valence-corrected chi connectivity index (χ3v) is 5.09. The summed E-state index contributed by atoms with van der Waals surface area (Å²) in [6.45, 7) is 7.01. The number of carbonyl (C=O) groups excluding carboxylic acids is 3. The summed E-state index contributed by atoms with van der Waals surface area (Å²) in [6, 6.07) is 12.0. The second-order valence-corrected chi connectivity index (χ2v) is 9.02. The molecule has 1 aromatic heterocycles. The van der Waals surface area contributed by atoms with Crippen LogP contribution in [0.15, 0.2) is 54.7 Å². The van der Waals surface area contributed by atoms with Crippen molar-refractivity contribution < 1.29 is 33.8 Å². The molecule has 0 bridgehead atoms. The molecule has 0 aliphatic rings. The predicted molar refractivity (Wildman–Crippen MR) is 133 cm³/mol. The number of carboxylic acid groups (broad SMARTS) is 1. The second kappa shape index (κ2) is 10.9. The number of nitrogens with one attached hydrogen (secondary N) is 2. The highest BCUT2D eigenvalue weighted by Gasteiger charge is 2.26. The lowest BCUT2D eigenvalue weighted by molar-refractivity contribution is -0.139. The standard InChI is InChI=1S/C26H29N3O7/c1-5-35-24(33)17-12-10-16(11-13-17)22(30)28-29-15-18(19-8-6-7-9-21(19)29)14-20(23(31)32)27-25(34)36-26(2,3)4/h6-13,15,20H,5,14H2,1-4H3,(H,27,34)(H,28,30)(H,31,32)/t20-/m0/s1. The number of nitrogens with zero attached hydrogens (tertiary/aromatic N) is 1. The fraction of sp³-hybridized carbons (Fsp3) is 0.308. The summed E-state index contributed by atoms with van der Waals surface area (Å²) >= 11 is 0. The normalized spacial score (nSPS) is 12.0. The predicted octanol–water partition coefficient (Wildman–Crippen LogP) is 3.72. The Morgan fingerprint density at radius 3 is 2.25 bits per heavy atom. The number of aromatic nitrogens is 1. The summed E-state index contributed by atoms with van der Waals surface area (Å²) in [6.07, 6.45) is 0.743. The van der Waals surface area contributed by atoms with Gasteiger partial charge in [0.2, 0.25) is 0 Å². The first-order valence-electron chi connectivity index (χ1n) is 11.4. The van der Waals surface area contributed by atoms with Crippen molar-refractivity contribution in [3.8, 4) is 0 Å². The van der Waals surface area contributed by atoms with Crippen molar-refractivity contribution in [1.82, 2.24) is 9.99 Å². The number of ether oxygens (including phenoxy) is 2. The SMILES string of the molecule is CCOC(=O)c1ccc(C(=O)Nn2cc(C[C@H](NC(=O)OC(C)(C)C)C(=O)O)c3ccccc32)cc1. The Hall–Kier alpha value is -4.34. The van der Waals surface area contributed by atoms with E-state index in [1.165, 1.54) is 28.9 Å². The van der Waals surface area contributed by atoms with Crippen LogP contribution in [0.2, 0.25) is 0 Å². The van der Waals surface area contributed by atoms with Crippen LogP contribution in [-0.4, -0.2) is 52.0 Å². The summed E-state index contributed by atoms with van der Waals surface area (Å²) < 4.78 is 11.6. The van der Waals surface area contributed by atoms with E-state index in [1.807, 2.05) is 0 Å². The minimum Gasteiger partial charge on any atom is -0.480 e. The van der Waals surface area contributed by atoms with Crippen molar-refractivity contribution in [2.75, 3.05) is 12.0 Å². The topological polar surface area (TPSA) is 136 Å². The number of hydrogen-bond acceptors (Lipinski definition) is 6. The molecule has 3 aromatic rings. The molecule has 3 N–H and O–H groups in total. The van der Waals surface area contributed by atoms with E-state index in [2.05, 4.69) is 10.7 Å². The molecule has 0 saturated heterocycles. The molecule has 0 aliphatic heterocycles. The lowest BCUT2D eigenvalue weighted by Crippen LogP contribution is -2.44. The maximum absolute atomic E-state index is 12.9. The zero-order chi connectivity index (χ0) is 26.5. The quantitative estimate of drug-likeness (QED) is 0.405. The van der Waals surface area contributed by atoms with Gasteiger partial charge in [0.05, 0.1) is 17.7 Å². The molecule has 0 spiro atoms. The molecule has 0 aliphatic carbocycles. The van der Waals surface area contributed by atoms with Crippen LogP contribution in [0.25, 0.3) is 10.9 Å². The summed E-state index contributed by atoms with van der Waals surface area (Å²) in [5.41, 5.74) is 3.89. The first kappa shape index (κ1) is 26.3. The van der Waals surface area contributed by atoms with E-state index in [0.29, 0.717) is 27.6 Å². The van der Waals surface area contributed by atoms with Crippen LogP contribution in [-0.2, 0) is 20.7 Å². The van der Waals surface area contributed by atoms with Crippen LogP contribution >= 0.6 is 0 Å². The van der Waals surface area contributed by atoms with E-state index in [-0.39, 0.29) is 13.0 Å². The van der Waals surface area contributed by atoms with Crippen LogP contribution in [0, 0.1) is 0 Å². The van der Waals surface area contributed by atoms with Gasteiger partial charge in [-0.15, -0.1) is 0 Å². The van der Waals surface area contributed by atoms with Gasteiger partial charge in [-0.25, -0.2) is 14.4 Å². The largest absolute Gasteiger partial charge is 0.480 e. The Bertz CT molecular complexity index is 1270. The number of esters is 1. The molecule has 1 atom stereocenters. The maximum atomic E-state index is 12.9. The van der Waals surface area contributed by atoms with E-state index in [1.54, 1.807) is 58.2 Å². The molecular weight excluding hydrogens is 466 g/mol. The Morgan fingerprint density at radius 1 is 1.00 bits per heavy atom. The Morgan fingerprint density at radius 2 is 1.64 bits per heavy atom. The summed E-state index contributed by atoms with van der Waals surface area (Å²) in [7, 11) is 0. The van der Waals surface area contributed by atoms with Gasteiger partial charge in [0.15, 0.2) is 0 Å². The van der Waals surface area contributed by atoms with Gasteiger partial charge in [0, 0.05) is 23.6 Å². The molecule has 190 valence electrons. The lowest BCUT2D eigenvalue weighted by atomic mass is 10.1. The van der Waals surface area contributed by atoms with Crippen LogP contribution in [0.1, 0.15) is 54.0 Å². The molecule has 3 rings (SSSR count). The van der Waals surface area contributed by atoms with E-state index in [0.717, 1.165) is 0 Å². The van der Waals surface area contributed by atoms with Crippen molar-refractivity contribution in [2.45, 2.75) is 45.8 Å². The zero-order valence-electron chi connectivity index (χ0n) is 20.5. The minimum absolute atomic E-state index is 0.0355. The first-order chi connectivity index (χ1) is 17.0. The number of amides is 2. The van der Waals surface area contributed by atoms with Crippen molar-refractivity contribution in [1.29, 1.82) is 0 Å². The van der Waals surface area contributed by atoms with Crippen molar-refractivity contribution in [2.24, 2.45) is 0 Å². The van der Waals surface area contributed by atoms with E-state index < -0.39 is 35.6 Å². The number of carboxylic acids is 1.